The second-order valence-corrected chi connectivity index (χ2v) is 38.8. The Morgan fingerprint density at radius 3 is 0.694 bits per heavy atom. The summed E-state index contributed by atoms with van der Waals surface area (Å²) in [7, 11) is 0. The Morgan fingerprint density at radius 1 is 0.235 bits per heavy atom. The second kappa shape index (κ2) is 32.0. The van der Waals surface area contributed by atoms with Gasteiger partial charge in [-0.25, -0.2) is 13.2 Å². The lowest BCUT2D eigenvalue weighted by atomic mass is 9.84. The van der Waals surface area contributed by atoms with Crippen molar-refractivity contribution in [1.29, 1.82) is 0 Å². The lowest BCUT2D eigenvalue weighted by molar-refractivity contribution is 0.398. The van der Waals surface area contributed by atoms with E-state index in [-0.39, 0.29) is 49.9 Å². The summed E-state index contributed by atoms with van der Waals surface area (Å²) in [6, 6.07) is 31.0. The highest BCUT2D eigenvalue weighted by atomic mass is 79.9. The lowest BCUT2D eigenvalue weighted by Gasteiger charge is -2.22. The highest BCUT2D eigenvalue weighted by Gasteiger charge is 2.23. The maximum absolute atomic E-state index is 14.1. The summed E-state index contributed by atoms with van der Waals surface area (Å²) in [6.45, 7) is 66.4. The minimum absolute atomic E-state index is 0.0765. The Kier molecular flexibility index (Phi) is 30.1. The van der Waals surface area contributed by atoms with E-state index < -0.39 is 0 Å². The number of hydrogen-bond acceptors (Lipinski definition) is 0. The Bertz CT molecular complexity index is 2510. The van der Waals surface area contributed by atoms with E-state index >= 15 is 0 Å². The largest absolute Gasteiger partial charge is 0.207 e. The van der Waals surface area contributed by atoms with Crippen LogP contribution in [0.3, 0.4) is 0 Å². The van der Waals surface area contributed by atoms with Gasteiger partial charge in [-0.2, -0.15) is 0 Å². The molecule has 0 fully saturated rings. The molecule has 0 N–H and O–H groups in total. The van der Waals surface area contributed by atoms with Gasteiger partial charge in [0.15, 0.2) is 0 Å². The van der Waals surface area contributed by atoms with Crippen LogP contribution < -0.4 is 0 Å². The molecular formula is C80H125Br2F3. The van der Waals surface area contributed by atoms with E-state index in [2.05, 4.69) is 294 Å². The second-order valence-electron chi connectivity index (χ2n) is 37.0. The maximum atomic E-state index is 14.1. The molecular weight excluding hydrogens is 1180 g/mol. The van der Waals surface area contributed by atoms with Crippen LogP contribution in [0.15, 0.2) is 99.9 Å². The molecule has 0 saturated carbocycles. The van der Waals surface area contributed by atoms with Crippen LogP contribution in [0.2, 0.25) is 0 Å². The normalized spacial score (nSPS) is 12.9. The van der Waals surface area contributed by atoms with E-state index in [1.54, 1.807) is 24.3 Å². The maximum Gasteiger partial charge on any atom is 0.126 e. The van der Waals surface area contributed by atoms with Gasteiger partial charge < -0.3 is 0 Å². The topological polar surface area (TPSA) is 0 Å². The fraction of sp³-hybridized carbons (Fsp3) is 0.625. The van der Waals surface area contributed by atoms with Gasteiger partial charge in [-0.15, -0.1) is 0 Å². The van der Waals surface area contributed by atoms with E-state index in [0.29, 0.717) is 21.7 Å². The Balaban J connectivity index is 0.000000532. The molecule has 5 aromatic carbocycles. The molecule has 0 nitrogen and oxygen atoms in total. The van der Waals surface area contributed by atoms with E-state index in [4.69, 9.17) is 0 Å². The van der Waals surface area contributed by atoms with E-state index in [9.17, 15) is 13.2 Å². The monoisotopic (exact) mass is 1300 g/mol. The molecule has 0 atom stereocenters. The molecule has 85 heavy (non-hydrogen) atoms. The Hall–Kier alpha value is -3.15. The molecule has 0 bridgehead atoms. The third-order valence-electron chi connectivity index (χ3n) is 12.8. The molecule has 0 radical (unpaired) electrons. The highest BCUT2D eigenvalue weighted by molar-refractivity contribution is 9.10. The summed E-state index contributed by atoms with van der Waals surface area (Å²) in [5.41, 5.74) is 14.2. The van der Waals surface area contributed by atoms with Gasteiger partial charge in [-0.1, -0.05) is 294 Å². The quantitative estimate of drug-likeness (QED) is 0.131. The van der Waals surface area contributed by atoms with Gasteiger partial charge in [-0.3, -0.25) is 0 Å². The first kappa shape index (κ1) is 79.9. The van der Waals surface area contributed by atoms with E-state index in [1.165, 1.54) is 22.3 Å². The standard InChI is InChI=1S/2C16H24BrF.C16H25F.2C16H26/c2*1-15(2,3)9-11-8-14(18)12(7-13(11)17)10-16(4,5)6;1-15(2,3)10-12-7-13(9-14(17)8-12)11-16(4,5)6;1-15(2,3)11-13-7-9-14(10-8-13)12-16(4,5)6;1-15(2,3)11-13-8-7-9-14(10-13)12-16(4,5)6/h2*7-8H,9-10H2,1-6H3;7-9H,10-11H2,1-6H3;2*7-10H,11-12H2,1-6H3. The molecule has 0 aliphatic heterocycles. The van der Waals surface area contributed by atoms with Crippen LogP contribution in [0.1, 0.15) is 263 Å². The Labute approximate surface area is 540 Å². The molecule has 0 heterocycles. The van der Waals surface area contributed by atoms with Gasteiger partial charge >= 0.3 is 0 Å². The summed E-state index contributed by atoms with van der Waals surface area (Å²) in [6.07, 6.45) is 9.73. The molecule has 5 rings (SSSR count). The van der Waals surface area contributed by atoms with Crippen molar-refractivity contribution >= 4 is 31.9 Å². The molecule has 0 unspecified atom stereocenters. The summed E-state index contributed by atoms with van der Waals surface area (Å²) in [4.78, 5) is 0. The van der Waals surface area contributed by atoms with Gasteiger partial charge in [0.05, 0.1) is 0 Å². The van der Waals surface area contributed by atoms with Crippen molar-refractivity contribution < 1.29 is 13.2 Å². The highest BCUT2D eigenvalue weighted by Crippen LogP contribution is 2.34. The van der Waals surface area contributed by atoms with Crippen LogP contribution in [-0.2, 0) is 64.2 Å². The van der Waals surface area contributed by atoms with Crippen LogP contribution in [0.5, 0.6) is 0 Å². The molecule has 5 aromatic rings. The van der Waals surface area contributed by atoms with E-state index in [1.807, 2.05) is 12.1 Å². The van der Waals surface area contributed by atoms with Crippen molar-refractivity contribution in [2.24, 2.45) is 54.1 Å². The fourth-order valence-corrected chi connectivity index (χ4v) is 11.4. The molecule has 0 aliphatic carbocycles. The summed E-state index contributed by atoms with van der Waals surface area (Å²) < 4.78 is 43.9. The molecule has 480 valence electrons. The third kappa shape index (κ3) is 40.9. The summed E-state index contributed by atoms with van der Waals surface area (Å²) in [5, 5.41) is 0. The van der Waals surface area contributed by atoms with Gasteiger partial charge in [0, 0.05) is 8.95 Å². The van der Waals surface area contributed by atoms with Gasteiger partial charge in [0.1, 0.15) is 17.5 Å². The van der Waals surface area contributed by atoms with E-state index in [0.717, 1.165) is 107 Å². The molecule has 0 aromatic heterocycles. The predicted octanol–water partition coefficient (Wildman–Crippen LogP) is 26.3. The van der Waals surface area contributed by atoms with Crippen molar-refractivity contribution in [1.82, 2.24) is 0 Å². The van der Waals surface area contributed by atoms with Crippen molar-refractivity contribution in [3.63, 3.8) is 0 Å². The Morgan fingerprint density at radius 2 is 0.447 bits per heavy atom. The molecule has 0 aliphatic rings. The van der Waals surface area contributed by atoms with Crippen LogP contribution in [0.4, 0.5) is 13.2 Å². The summed E-state index contributed by atoms with van der Waals surface area (Å²) in [5.74, 6) is -0.259. The molecule has 0 saturated heterocycles. The predicted molar refractivity (Wildman–Crippen MR) is 379 cm³/mol. The smallest absolute Gasteiger partial charge is 0.126 e. The SMILES string of the molecule is CC(C)(C)Cc1cc(Br)c(CC(C)(C)C)cc1F.CC(C)(C)Cc1cc(Br)c(CC(C)(C)C)cc1F.CC(C)(C)Cc1cc(F)cc(CC(C)(C)C)c1.CC(C)(C)Cc1ccc(CC(C)(C)C)cc1.CC(C)(C)Cc1cccc(CC(C)(C)C)c1. The number of hydrogen-bond donors (Lipinski definition) is 0. The minimum Gasteiger partial charge on any atom is -0.207 e. The zero-order valence-electron chi connectivity index (χ0n) is 60.1. The third-order valence-corrected chi connectivity index (χ3v) is 14.2. The average molecular weight is 1300 g/mol. The van der Waals surface area contributed by atoms with Crippen LogP contribution in [0, 0.1) is 71.6 Å². The lowest BCUT2D eigenvalue weighted by Crippen LogP contribution is -2.13. The van der Waals surface area contributed by atoms with Gasteiger partial charge in [0.2, 0.25) is 0 Å². The van der Waals surface area contributed by atoms with Gasteiger partial charge in [0.25, 0.3) is 0 Å². The molecule has 5 heteroatoms. The van der Waals surface area contributed by atoms with Crippen molar-refractivity contribution in [2.45, 2.75) is 272 Å². The van der Waals surface area contributed by atoms with Gasteiger partial charge in [-0.05, 0) is 210 Å². The average Bonchev–Trinajstić information content (AvgIpc) is 3.45. The van der Waals surface area contributed by atoms with Crippen molar-refractivity contribution in [3.05, 3.63) is 173 Å². The number of rotatable bonds is 10. The van der Waals surface area contributed by atoms with Crippen LogP contribution in [0.25, 0.3) is 0 Å². The summed E-state index contributed by atoms with van der Waals surface area (Å²) >= 11 is 7.15. The fourth-order valence-electron chi connectivity index (χ4n) is 10.3. The first-order valence-corrected chi connectivity index (χ1v) is 33.3. The molecule has 0 spiro atoms. The number of halogens is 5. The van der Waals surface area contributed by atoms with Crippen molar-refractivity contribution in [2.75, 3.05) is 0 Å². The first-order valence-electron chi connectivity index (χ1n) is 31.7. The van der Waals surface area contributed by atoms with Crippen LogP contribution >= 0.6 is 31.9 Å². The van der Waals surface area contributed by atoms with Crippen LogP contribution in [-0.4, -0.2) is 0 Å². The first-order chi connectivity index (χ1) is 37.8. The number of benzene rings is 5. The zero-order valence-corrected chi connectivity index (χ0v) is 63.3. The minimum atomic E-state index is -0.106. The zero-order chi connectivity index (χ0) is 66.3. The molecule has 0 amide bonds. The van der Waals surface area contributed by atoms with Crippen molar-refractivity contribution in [3.8, 4) is 0 Å².